The van der Waals surface area contributed by atoms with E-state index in [0.717, 1.165) is 29.0 Å². The van der Waals surface area contributed by atoms with E-state index in [1.165, 1.54) is 5.56 Å². The molecule has 22 heavy (non-hydrogen) atoms. The summed E-state index contributed by atoms with van der Waals surface area (Å²) in [6.45, 7) is 9.34. The lowest BCUT2D eigenvalue weighted by Crippen LogP contribution is -2.33. The largest absolute Gasteiger partial charge is 0.362 e. The van der Waals surface area contributed by atoms with Crippen LogP contribution in [0.5, 0.6) is 0 Å². The Labute approximate surface area is 133 Å². The molecule has 0 aliphatic rings. The van der Waals surface area contributed by atoms with Gasteiger partial charge in [0.05, 0.1) is 6.54 Å². The van der Waals surface area contributed by atoms with Crippen molar-refractivity contribution in [1.82, 2.24) is 0 Å². The molecule has 116 valence electrons. The Morgan fingerprint density at radius 2 is 1.64 bits per heavy atom. The van der Waals surface area contributed by atoms with E-state index in [9.17, 15) is 4.79 Å². The number of nitrogens with one attached hydrogen (secondary N) is 1. The molecule has 2 rings (SSSR count). The number of anilines is 2. The predicted octanol–water partition coefficient (Wildman–Crippen LogP) is 4.08. The zero-order valence-electron chi connectivity index (χ0n) is 13.8. The van der Waals surface area contributed by atoms with Crippen LogP contribution < -0.4 is 10.2 Å². The van der Waals surface area contributed by atoms with Crippen molar-refractivity contribution in [2.45, 2.75) is 27.7 Å². The smallest absolute Gasteiger partial charge is 0.243 e. The molecule has 0 aliphatic heterocycles. The van der Waals surface area contributed by atoms with Crippen molar-refractivity contribution in [2.24, 2.45) is 0 Å². The van der Waals surface area contributed by atoms with Crippen molar-refractivity contribution in [1.29, 1.82) is 0 Å². The highest BCUT2D eigenvalue weighted by Crippen LogP contribution is 2.22. The van der Waals surface area contributed by atoms with Crippen LogP contribution in [-0.2, 0) is 4.79 Å². The minimum absolute atomic E-state index is 0.0146. The molecule has 3 nitrogen and oxygen atoms in total. The number of carbonyl (C=O) groups is 1. The number of amides is 1. The second-order valence-electron chi connectivity index (χ2n) is 5.67. The molecule has 0 saturated heterocycles. The third-order valence-corrected chi connectivity index (χ3v) is 3.78. The van der Waals surface area contributed by atoms with Gasteiger partial charge in [-0.1, -0.05) is 35.9 Å². The van der Waals surface area contributed by atoms with Crippen LogP contribution in [0.15, 0.2) is 42.5 Å². The van der Waals surface area contributed by atoms with Crippen molar-refractivity contribution in [2.75, 3.05) is 23.3 Å². The molecule has 0 radical (unpaired) electrons. The summed E-state index contributed by atoms with van der Waals surface area (Å²) < 4.78 is 0. The molecule has 0 saturated carbocycles. The number of benzene rings is 2. The molecule has 0 aliphatic carbocycles. The fourth-order valence-electron chi connectivity index (χ4n) is 2.75. The minimum Gasteiger partial charge on any atom is -0.362 e. The van der Waals surface area contributed by atoms with Gasteiger partial charge in [0.1, 0.15) is 0 Å². The molecule has 0 atom stereocenters. The Morgan fingerprint density at radius 3 is 2.18 bits per heavy atom. The second kappa shape index (κ2) is 7.12. The Balaban J connectivity index is 2.10. The predicted molar refractivity (Wildman–Crippen MR) is 93.6 cm³/mol. The number of hydrogen-bond donors (Lipinski definition) is 1. The van der Waals surface area contributed by atoms with Gasteiger partial charge in [-0.2, -0.15) is 0 Å². The molecule has 0 heterocycles. The third kappa shape index (κ3) is 3.88. The van der Waals surface area contributed by atoms with Crippen molar-refractivity contribution in [3.63, 3.8) is 0 Å². The lowest BCUT2D eigenvalue weighted by atomic mass is 10.1. The molecule has 1 amide bonds. The molecule has 0 unspecified atom stereocenters. The molecular weight excluding hydrogens is 272 g/mol. The normalized spacial score (nSPS) is 10.4. The van der Waals surface area contributed by atoms with Crippen LogP contribution in [-0.4, -0.2) is 19.0 Å². The quantitative estimate of drug-likeness (QED) is 0.901. The first-order valence-electron chi connectivity index (χ1n) is 7.69. The Hall–Kier alpha value is -2.29. The highest BCUT2D eigenvalue weighted by molar-refractivity contribution is 5.95. The van der Waals surface area contributed by atoms with Crippen LogP contribution in [0.4, 0.5) is 11.4 Å². The van der Waals surface area contributed by atoms with Gasteiger partial charge in [0.15, 0.2) is 0 Å². The van der Waals surface area contributed by atoms with E-state index < -0.39 is 0 Å². The van der Waals surface area contributed by atoms with Gasteiger partial charge in [0.25, 0.3) is 0 Å². The molecule has 2 aromatic carbocycles. The van der Waals surface area contributed by atoms with Gasteiger partial charge < -0.3 is 10.2 Å². The lowest BCUT2D eigenvalue weighted by Gasteiger charge is -2.23. The average Bonchev–Trinajstić information content (AvgIpc) is 2.49. The maximum atomic E-state index is 12.4. The van der Waals surface area contributed by atoms with E-state index in [-0.39, 0.29) is 5.91 Å². The SMILES string of the molecule is CCN(CC(=O)Nc1c(C)cc(C)cc1C)c1ccccc1. The summed E-state index contributed by atoms with van der Waals surface area (Å²) in [5.41, 5.74) is 5.42. The summed E-state index contributed by atoms with van der Waals surface area (Å²) in [5, 5.41) is 3.06. The fraction of sp³-hybridized carbons (Fsp3) is 0.316. The third-order valence-electron chi connectivity index (χ3n) is 3.78. The fourth-order valence-corrected chi connectivity index (χ4v) is 2.75. The zero-order valence-corrected chi connectivity index (χ0v) is 13.8. The number of rotatable bonds is 5. The molecule has 3 heteroatoms. The summed E-state index contributed by atoms with van der Waals surface area (Å²) >= 11 is 0. The van der Waals surface area contributed by atoms with E-state index in [1.54, 1.807) is 0 Å². The first kappa shape index (κ1) is 16.1. The van der Waals surface area contributed by atoms with Gasteiger partial charge in [0.2, 0.25) is 5.91 Å². The minimum atomic E-state index is 0.0146. The Bertz CT molecular complexity index is 627. The van der Waals surface area contributed by atoms with Crippen LogP contribution in [0.1, 0.15) is 23.6 Å². The van der Waals surface area contributed by atoms with Crippen LogP contribution in [0.3, 0.4) is 0 Å². The number of nitrogens with zero attached hydrogens (tertiary/aromatic N) is 1. The molecule has 2 aromatic rings. The van der Waals surface area contributed by atoms with Crippen molar-refractivity contribution in [3.8, 4) is 0 Å². The van der Waals surface area contributed by atoms with Crippen LogP contribution in [0, 0.1) is 20.8 Å². The molecular formula is C19H24N2O. The molecule has 0 fully saturated rings. The monoisotopic (exact) mass is 296 g/mol. The van der Waals surface area contributed by atoms with E-state index in [4.69, 9.17) is 0 Å². The van der Waals surface area contributed by atoms with Gasteiger partial charge in [-0.15, -0.1) is 0 Å². The molecule has 0 bridgehead atoms. The van der Waals surface area contributed by atoms with Gasteiger partial charge in [0, 0.05) is 17.9 Å². The highest BCUT2D eigenvalue weighted by Gasteiger charge is 2.12. The van der Waals surface area contributed by atoms with Crippen LogP contribution >= 0.6 is 0 Å². The Kier molecular flexibility index (Phi) is 5.21. The highest BCUT2D eigenvalue weighted by atomic mass is 16.2. The number of hydrogen-bond acceptors (Lipinski definition) is 2. The maximum Gasteiger partial charge on any atom is 0.243 e. The number of aryl methyl sites for hydroxylation is 3. The van der Waals surface area contributed by atoms with Crippen molar-refractivity contribution < 1.29 is 4.79 Å². The summed E-state index contributed by atoms with van der Waals surface area (Å²) in [4.78, 5) is 14.5. The van der Waals surface area contributed by atoms with E-state index in [0.29, 0.717) is 6.54 Å². The van der Waals surface area contributed by atoms with Gasteiger partial charge in [-0.25, -0.2) is 0 Å². The molecule has 1 N–H and O–H groups in total. The van der Waals surface area contributed by atoms with E-state index in [2.05, 4.69) is 36.2 Å². The second-order valence-corrected chi connectivity index (χ2v) is 5.67. The summed E-state index contributed by atoms with van der Waals surface area (Å²) in [7, 11) is 0. The number of para-hydroxylation sites is 1. The van der Waals surface area contributed by atoms with Gasteiger partial charge in [-0.05, 0) is 51.0 Å². The summed E-state index contributed by atoms with van der Waals surface area (Å²) in [6, 6.07) is 14.2. The van der Waals surface area contributed by atoms with Crippen LogP contribution in [0.2, 0.25) is 0 Å². The van der Waals surface area contributed by atoms with Crippen LogP contribution in [0.25, 0.3) is 0 Å². The van der Waals surface area contributed by atoms with Crippen molar-refractivity contribution in [3.05, 3.63) is 59.2 Å². The van der Waals surface area contributed by atoms with E-state index >= 15 is 0 Å². The average molecular weight is 296 g/mol. The number of carbonyl (C=O) groups excluding carboxylic acids is 1. The van der Waals surface area contributed by atoms with Gasteiger partial charge in [-0.3, -0.25) is 4.79 Å². The first-order valence-corrected chi connectivity index (χ1v) is 7.69. The topological polar surface area (TPSA) is 32.3 Å². The zero-order chi connectivity index (χ0) is 16.1. The Morgan fingerprint density at radius 1 is 1.05 bits per heavy atom. The summed E-state index contributed by atoms with van der Waals surface area (Å²) in [6.07, 6.45) is 0. The number of likely N-dealkylation sites (N-methyl/N-ethyl adjacent to an activating group) is 1. The van der Waals surface area contributed by atoms with E-state index in [1.807, 2.05) is 44.2 Å². The molecule has 0 spiro atoms. The standard InChI is InChI=1S/C19H24N2O/c1-5-21(17-9-7-6-8-10-17)13-18(22)20-19-15(3)11-14(2)12-16(19)4/h6-12H,5,13H2,1-4H3,(H,20,22). The molecule has 0 aromatic heterocycles. The summed E-state index contributed by atoms with van der Waals surface area (Å²) in [5.74, 6) is 0.0146. The van der Waals surface area contributed by atoms with Crippen molar-refractivity contribution >= 4 is 17.3 Å². The van der Waals surface area contributed by atoms with Gasteiger partial charge >= 0.3 is 0 Å². The maximum absolute atomic E-state index is 12.4. The first-order chi connectivity index (χ1) is 10.5. The lowest BCUT2D eigenvalue weighted by molar-refractivity contribution is -0.115.